The van der Waals surface area contributed by atoms with E-state index in [1.165, 1.54) is 4.90 Å². The molecule has 0 unspecified atom stereocenters. The molecule has 0 radical (unpaired) electrons. The molecule has 37 nitrogen and oxygen atoms in total. The maximum Gasteiger partial charge on any atom is 0.327 e. The zero-order chi connectivity index (χ0) is 71.7. The van der Waals surface area contributed by atoms with Crippen LogP contribution in [0.2, 0.25) is 0 Å². The summed E-state index contributed by atoms with van der Waals surface area (Å²) >= 11 is 8.05. The number of hydrogen-bond acceptors (Lipinski definition) is 21. The van der Waals surface area contributed by atoms with Gasteiger partial charge in [-0.3, -0.25) is 67.7 Å². The van der Waals surface area contributed by atoms with Crippen molar-refractivity contribution in [3.63, 3.8) is 0 Å². The number of aliphatic hydroxyl groups excluding tert-OH is 1. The van der Waals surface area contributed by atoms with Crippen LogP contribution in [-0.2, 0) is 64.0 Å². The first-order valence-electron chi connectivity index (χ1n) is 31.4. The van der Waals surface area contributed by atoms with Crippen LogP contribution in [0.4, 0.5) is 0 Å². The third-order valence-corrected chi connectivity index (χ3v) is 15.4. The fourth-order valence-corrected chi connectivity index (χ4v) is 9.97. The third kappa shape index (κ3) is 32.6. The molecule has 0 aromatic heterocycles. The number of unbranched alkanes of at least 4 members (excludes halogenated alkanes) is 2. The number of carbonyl (C=O) groups excluding carboxylic acids is 11. The largest absolute Gasteiger partial charge is 0.480 e. The molecular formula is C57H99N23O14S2. The Balaban J connectivity index is 2.34. The number of aliphatic carboxylic acids is 1. The van der Waals surface area contributed by atoms with Crippen LogP contribution in [0.25, 0.3) is 0 Å². The number of thiol groups is 2. The van der Waals surface area contributed by atoms with Crippen molar-refractivity contribution in [3.05, 3.63) is 35.9 Å². The smallest absolute Gasteiger partial charge is 0.327 e. The summed E-state index contributed by atoms with van der Waals surface area (Å²) in [5, 5.41) is 45.0. The van der Waals surface area contributed by atoms with Gasteiger partial charge >= 0.3 is 5.97 Å². The lowest BCUT2D eigenvalue weighted by atomic mass is 10.0. The van der Waals surface area contributed by atoms with Gasteiger partial charge in [0.15, 0.2) is 17.9 Å². The van der Waals surface area contributed by atoms with Gasteiger partial charge in [-0.15, -0.1) is 0 Å². The lowest BCUT2D eigenvalue weighted by Gasteiger charge is -2.30. The van der Waals surface area contributed by atoms with E-state index in [-0.39, 0.29) is 146 Å². The standard InChI is InChI=1S/C57H99N23O14S2/c58-20-6-4-14-34(75-51(90)40(29-81)78-52(91)42-19-11-25-80(42)53(92)38(18-10-24-69-57(65)66)77-45(84)33(60)30-95)46(85)70-27-43(82)72-36(17-9-23-68-56(63)64)48(87)76-37(15-5-7-21-59)49(88)74-35(16-8-22-67-55(61)62)47(86)71-28-44(83)73-39(26-32-12-2-1-3-13-32)50(89)79-41(31-96)54(93)94/h1-3,12-13,33-42,81,95-96H,4-11,14-31,58-60H2,(H,70,85)(H,71,86)(H,72,82)(H,73,83)(H,74,88)(H,75,90)(H,76,87)(H,77,84)(H,78,91)(H,79,89)(H,93,94)(H4,61,62,67)(H4,63,64,68)(H4,65,66,69)/t33-,34-,35-,36-,37-,38-,39-,40-,41-,42-/m0/s1. The van der Waals surface area contributed by atoms with Gasteiger partial charge in [-0.05, 0) is 109 Å². The number of guanidine groups is 3. The second-order valence-electron chi connectivity index (χ2n) is 22.3. The minimum Gasteiger partial charge on any atom is -0.480 e. The number of likely N-dealkylation sites (tertiary alicyclic amines) is 1. The van der Waals surface area contributed by atoms with Crippen molar-refractivity contribution in [1.29, 1.82) is 0 Å². The van der Waals surface area contributed by atoms with Crippen molar-refractivity contribution in [1.82, 2.24) is 58.1 Å². The number of carboxylic acids is 1. The number of carbonyl (C=O) groups is 12. The van der Waals surface area contributed by atoms with Gasteiger partial charge in [0.05, 0.1) is 25.7 Å². The fraction of sp³-hybridized carbons (Fsp3) is 0.632. The summed E-state index contributed by atoms with van der Waals surface area (Å²) in [4.78, 5) is 176. The Bertz CT molecular complexity index is 2800. The van der Waals surface area contributed by atoms with E-state index in [4.69, 9.17) is 51.6 Å². The highest BCUT2D eigenvalue weighted by atomic mass is 32.1. The van der Waals surface area contributed by atoms with Crippen molar-refractivity contribution >= 4 is 114 Å². The highest BCUT2D eigenvalue weighted by Crippen LogP contribution is 2.21. The first-order chi connectivity index (χ1) is 45.7. The van der Waals surface area contributed by atoms with Gasteiger partial charge in [0.2, 0.25) is 65.0 Å². The summed E-state index contributed by atoms with van der Waals surface area (Å²) in [7, 11) is 0. The number of aliphatic imine (C=N–C) groups is 3. The summed E-state index contributed by atoms with van der Waals surface area (Å²) in [5.74, 6) is -11.7. The minimum atomic E-state index is -1.66. The van der Waals surface area contributed by atoms with Crippen LogP contribution in [0.15, 0.2) is 45.3 Å². The molecule has 538 valence electrons. The van der Waals surface area contributed by atoms with Crippen LogP contribution in [0.5, 0.6) is 0 Å². The molecule has 1 saturated heterocycles. The molecule has 30 N–H and O–H groups in total. The number of carboxylic acid groups (broad SMARTS) is 1. The van der Waals surface area contributed by atoms with Gasteiger partial charge in [0.25, 0.3) is 0 Å². The van der Waals surface area contributed by atoms with Crippen LogP contribution in [0, 0.1) is 0 Å². The second kappa shape index (κ2) is 46.4. The molecule has 0 spiro atoms. The summed E-state index contributed by atoms with van der Waals surface area (Å²) in [5.41, 5.74) is 50.9. The molecule has 0 aliphatic carbocycles. The predicted molar refractivity (Wildman–Crippen MR) is 362 cm³/mol. The number of amides is 11. The van der Waals surface area contributed by atoms with Gasteiger partial charge in [-0.25, -0.2) is 4.79 Å². The van der Waals surface area contributed by atoms with E-state index >= 15 is 0 Å². The number of rotatable bonds is 47. The molecule has 96 heavy (non-hydrogen) atoms. The Morgan fingerprint density at radius 2 is 0.906 bits per heavy atom. The Kier molecular flexibility index (Phi) is 40.2. The first-order valence-corrected chi connectivity index (χ1v) is 32.6. The average Bonchev–Trinajstić information content (AvgIpc) is 1.86. The molecule has 1 aromatic rings. The molecule has 1 aliphatic rings. The van der Waals surface area contributed by atoms with Gasteiger partial charge in [-0.2, -0.15) is 25.3 Å². The lowest BCUT2D eigenvalue weighted by molar-refractivity contribution is -0.142. The number of aliphatic hydroxyl groups is 1. The Morgan fingerprint density at radius 1 is 0.500 bits per heavy atom. The number of nitrogens with two attached hydrogens (primary N) is 9. The molecular weight excluding hydrogens is 1290 g/mol. The Labute approximate surface area is 567 Å². The number of hydrogen-bond donors (Lipinski definition) is 23. The zero-order valence-corrected chi connectivity index (χ0v) is 55.5. The number of nitrogens with one attached hydrogen (secondary N) is 10. The van der Waals surface area contributed by atoms with Gasteiger partial charge in [-0.1, -0.05) is 30.3 Å². The van der Waals surface area contributed by atoms with E-state index in [1.54, 1.807) is 30.3 Å². The van der Waals surface area contributed by atoms with E-state index in [2.05, 4.69) is 93.4 Å². The topological polar surface area (TPSA) is 640 Å². The molecule has 0 bridgehead atoms. The Morgan fingerprint density at radius 3 is 1.34 bits per heavy atom. The summed E-state index contributed by atoms with van der Waals surface area (Å²) in [6.07, 6.45) is 1.97. The molecule has 10 atom stereocenters. The number of nitrogens with zero attached hydrogens (tertiary/aromatic N) is 4. The van der Waals surface area contributed by atoms with Crippen LogP contribution in [-0.4, -0.2) is 235 Å². The second-order valence-corrected chi connectivity index (χ2v) is 23.1. The molecule has 39 heteroatoms. The van der Waals surface area contributed by atoms with Crippen molar-refractivity contribution in [3.8, 4) is 0 Å². The van der Waals surface area contributed by atoms with Crippen molar-refractivity contribution < 1.29 is 67.7 Å². The van der Waals surface area contributed by atoms with E-state index in [0.29, 0.717) is 24.8 Å². The molecule has 11 amide bonds. The van der Waals surface area contributed by atoms with E-state index in [0.717, 1.165) is 0 Å². The van der Waals surface area contributed by atoms with Crippen LogP contribution < -0.4 is 105 Å². The quantitative estimate of drug-likeness (QED) is 0.0125. The van der Waals surface area contributed by atoms with Crippen LogP contribution in [0.3, 0.4) is 0 Å². The maximum absolute atomic E-state index is 14.3. The first kappa shape index (κ1) is 83.3. The average molecular weight is 1390 g/mol. The molecule has 1 aliphatic heterocycles. The van der Waals surface area contributed by atoms with E-state index in [1.807, 2.05) is 0 Å². The molecule has 1 fully saturated rings. The van der Waals surface area contributed by atoms with Crippen LogP contribution in [0.1, 0.15) is 95.5 Å². The van der Waals surface area contributed by atoms with Gasteiger partial charge in [0.1, 0.15) is 54.4 Å². The number of benzene rings is 1. The van der Waals surface area contributed by atoms with Gasteiger partial charge in [0, 0.05) is 44.1 Å². The van der Waals surface area contributed by atoms with Crippen molar-refractivity contribution in [2.75, 3.05) is 70.5 Å². The monoisotopic (exact) mass is 1390 g/mol. The van der Waals surface area contributed by atoms with E-state index in [9.17, 15) is 67.7 Å². The maximum atomic E-state index is 14.3. The lowest BCUT2D eigenvalue weighted by Crippen LogP contribution is -2.59. The minimum absolute atomic E-state index is 0.00584. The molecule has 2 rings (SSSR count). The zero-order valence-electron chi connectivity index (χ0n) is 53.7. The Hall–Kier alpha value is -8.79. The molecule has 1 aromatic carbocycles. The molecule has 1 heterocycles. The van der Waals surface area contributed by atoms with E-state index < -0.39 is 151 Å². The van der Waals surface area contributed by atoms with Crippen LogP contribution >= 0.6 is 25.3 Å². The highest BCUT2D eigenvalue weighted by molar-refractivity contribution is 7.80. The normalized spacial score (nSPS) is 15.3. The third-order valence-electron chi connectivity index (χ3n) is 14.7. The summed E-state index contributed by atoms with van der Waals surface area (Å²) in [6, 6.07) is -4.81. The summed E-state index contributed by atoms with van der Waals surface area (Å²) < 4.78 is 0. The molecule has 0 saturated carbocycles. The summed E-state index contributed by atoms with van der Waals surface area (Å²) in [6.45, 7) is -1.85. The SMILES string of the molecule is NCCCC[C@H](NC(=O)[C@H](CO)NC(=O)[C@@H]1CCCN1C(=O)[C@H](CCCN=C(N)N)NC(=O)[C@@H](N)CS)C(=O)NCC(=O)N[C@@H](CCCN=C(N)N)C(=O)N[C@@H](CCCCN)C(=O)N[C@@H](CCCN=C(N)N)C(=O)NCC(=O)N[C@@H](Cc1ccccc1)C(=O)N[C@@H](CS)C(=O)O. The van der Waals surface area contributed by atoms with Crippen molar-refractivity contribution in [2.45, 2.75) is 157 Å². The predicted octanol–water partition coefficient (Wildman–Crippen LogP) is -8.99. The highest BCUT2D eigenvalue weighted by Gasteiger charge is 2.40. The fourth-order valence-electron chi connectivity index (χ4n) is 9.56. The van der Waals surface area contributed by atoms with Gasteiger partial charge < -0.3 is 120 Å². The van der Waals surface area contributed by atoms with Crippen molar-refractivity contribution in [2.24, 2.45) is 66.6 Å².